The molecule has 0 fully saturated rings. The Kier molecular flexibility index (Phi) is 5.00. The fraction of sp³-hybridized carbons (Fsp3) is 0.421. The molecule has 2 aromatic rings. The lowest BCUT2D eigenvalue weighted by Crippen LogP contribution is -2.13. The number of carboxylic acids is 1. The van der Waals surface area contributed by atoms with Crippen molar-refractivity contribution in [3.8, 4) is 0 Å². The van der Waals surface area contributed by atoms with E-state index in [0.717, 1.165) is 12.8 Å². The van der Waals surface area contributed by atoms with Crippen molar-refractivity contribution in [1.29, 1.82) is 0 Å². The van der Waals surface area contributed by atoms with E-state index < -0.39 is 5.97 Å². The van der Waals surface area contributed by atoms with Crippen LogP contribution < -0.4 is 0 Å². The zero-order valence-corrected chi connectivity index (χ0v) is 13.1. The van der Waals surface area contributed by atoms with Crippen molar-refractivity contribution in [2.75, 3.05) is 0 Å². The number of hydrogen-bond acceptors (Lipinski definition) is 1. The second kappa shape index (κ2) is 6.75. The molecule has 21 heavy (non-hydrogen) atoms. The Bertz CT molecular complexity index is 625. The molecule has 0 heterocycles. The van der Waals surface area contributed by atoms with E-state index in [4.69, 9.17) is 5.11 Å². The van der Waals surface area contributed by atoms with Crippen molar-refractivity contribution in [2.24, 2.45) is 11.8 Å². The lowest BCUT2D eigenvalue weighted by Gasteiger charge is -2.19. The number of rotatable bonds is 6. The summed E-state index contributed by atoms with van der Waals surface area (Å²) in [6, 6.07) is 12.9. The van der Waals surface area contributed by atoms with E-state index in [9.17, 15) is 4.79 Å². The normalized spacial score (nSPS) is 14.0. The van der Waals surface area contributed by atoms with Crippen molar-refractivity contribution < 1.29 is 9.90 Å². The third kappa shape index (κ3) is 3.84. The van der Waals surface area contributed by atoms with Gasteiger partial charge in [0.05, 0.1) is 0 Å². The molecule has 0 saturated carbocycles. The van der Waals surface area contributed by atoms with Gasteiger partial charge < -0.3 is 5.11 Å². The highest BCUT2D eigenvalue weighted by molar-refractivity contribution is 5.88. The highest BCUT2D eigenvalue weighted by atomic mass is 16.4. The van der Waals surface area contributed by atoms with E-state index in [1.54, 1.807) is 0 Å². The minimum atomic E-state index is -0.699. The van der Waals surface area contributed by atoms with Crippen LogP contribution in [0.2, 0.25) is 0 Å². The largest absolute Gasteiger partial charge is 0.481 e. The van der Waals surface area contributed by atoms with Crippen molar-refractivity contribution in [2.45, 2.75) is 40.0 Å². The summed E-state index contributed by atoms with van der Waals surface area (Å²) in [5.74, 6) is -0.0608. The summed E-state index contributed by atoms with van der Waals surface area (Å²) >= 11 is 0. The molecule has 2 atom stereocenters. The van der Waals surface area contributed by atoms with Crippen LogP contribution in [0.15, 0.2) is 36.4 Å². The maximum absolute atomic E-state index is 10.8. The first-order chi connectivity index (χ1) is 9.99. The molecular weight excluding hydrogens is 260 g/mol. The summed E-state index contributed by atoms with van der Waals surface area (Å²) in [7, 11) is 0. The first-order valence-corrected chi connectivity index (χ1v) is 7.68. The molecule has 0 aliphatic rings. The first-order valence-electron chi connectivity index (χ1n) is 7.68. The third-order valence-electron chi connectivity index (χ3n) is 4.54. The van der Waals surface area contributed by atoms with Crippen LogP contribution in [0.5, 0.6) is 0 Å². The van der Waals surface area contributed by atoms with Gasteiger partial charge in [0.2, 0.25) is 0 Å². The van der Waals surface area contributed by atoms with Gasteiger partial charge in [-0.25, -0.2) is 0 Å². The summed E-state index contributed by atoms with van der Waals surface area (Å²) in [6.45, 7) is 6.35. The summed E-state index contributed by atoms with van der Waals surface area (Å²) in [4.78, 5) is 10.8. The Balaban J connectivity index is 2.12. The Morgan fingerprint density at radius 1 is 1.10 bits per heavy atom. The van der Waals surface area contributed by atoms with E-state index >= 15 is 0 Å². The number of fused-ring (bicyclic) bond motifs is 1. The summed E-state index contributed by atoms with van der Waals surface area (Å²) in [5.41, 5.74) is 2.69. The third-order valence-corrected chi connectivity index (χ3v) is 4.54. The smallest absolute Gasteiger partial charge is 0.303 e. The molecule has 0 aromatic heterocycles. The van der Waals surface area contributed by atoms with E-state index in [-0.39, 0.29) is 12.3 Å². The van der Waals surface area contributed by atoms with Crippen molar-refractivity contribution in [3.63, 3.8) is 0 Å². The number of aryl methyl sites for hydroxylation is 2. The van der Waals surface area contributed by atoms with Gasteiger partial charge in [-0.2, -0.15) is 0 Å². The Morgan fingerprint density at radius 2 is 1.76 bits per heavy atom. The molecule has 1 N–H and O–H groups in total. The van der Waals surface area contributed by atoms with Gasteiger partial charge in [-0.15, -0.1) is 0 Å². The minimum absolute atomic E-state index is 0.221. The predicted octanol–water partition coefficient (Wildman–Crippen LogP) is 4.83. The summed E-state index contributed by atoms with van der Waals surface area (Å²) in [5, 5.41) is 11.5. The minimum Gasteiger partial charge on any atom is -0.481 e. The molecule has 112 valence electrons. The molecular formula is C19H24O2. The van der Waals surface area contributed by atoms with Crippen molar-refractivity contribution >= 4 is 16.7 Å². The molecule has 0 saturated heterocycles. The van der Waals surface area contributed by atoms with Gasteiger partial charge >= 0.3 is 5.97 Å². The van der Waals surface area contributed by atoms with Crippen LogP contribution in [0.3, 0.4) is 0 Å². The molecule has 2 unspecified atom stereocenters. The molecule has 2 nitrogen and oxygen atoms in total. The van der Waals surface area contributed by atoms with E-state index in [0.29, 0.717) is 5.92 Å². The maximum Gasteiger partial charge on any atom is 0.303 e. The quantitative estimate of drug-likeness (QED) is 0.825. The van der Waals surface area contributed by atoms with Crippen LogP contribution in [0.4, 0.5) is 0 Å². The molecule has 0 spiro atoms. The monoisotopic (exact) mass is 284 g/mol. The van der Waals surface area contributed by atoms with Crippen molar-refractivity contribution in [1.82, 2.24) is 0 Å². The fourth-order valence-electron chi connectivity index (χ4n) is 2.97. The highest BCUT2D eigenvalue weighted by Crippen LogP contribution is 2.26. The van der Waals surface area contributed by atoms with Crippen LogP contribution in [0, 0.1) is 18.8 Å². The molecule has 2 aromatic carbocycles. The SMILES string of the molecule is Cc1cccc2cccc(CCC(C)C(C)CC(=O)O)c12. The van der Waals surface area contributed by atoms with Crippen LogP contribution in [-0.4, -0.2) is 11.1 Å². The van der Waals surface area contributed by atoms with Gasteiger partial charge in [0, 0.05) is 6.42 Å². The molecule has 2 rings (SSSR count). The van der Waals surface area contributed by atoms with Crippen molar-refractivity contribution in [3.05, 3.63) is 47.5 Å². The van der Waals surface area contributed by atoms with Gasteiger partial charge in [0.25, 0.3) is 0 Å². The molecule has 0 amide bonds. The van der Waals surface area contributed by atoms with E-state index in [1.807, 2.05) is 6.92 Å². The zero-order valence-electron chi connectivity index (χ0n) is 13.1. The van der Waals surface area contributed by atoms with E-state index in [1.165, 1.54) is 21.9 Å². The Labute approximate surface area is 126 Å². The van der Waals surface area contributed by atoms with Gasteiger partial charge in [0.15, 0.2) is 0 Å². The Hall–Kier alpha value is -1.83. The number of aliphatic carboxylic acids is 1. The topological polar surface area (TPSA) is 37.3 Å². The van der Waals surface area contributed by atoms with Gasteiger partial charge in [-0.05, 0) is 53.5 Å². The van der Waals surface area contributed by atoms with Crippen LogP contribution in [0.1, 0.15) is 37.8 Å². The van der Waals surface area contributed by atoms with E-state index in [2.05, 4.69) is 50.2 Å². The van der Waals surface area contributed by atoms with Crippen LogP contribution in [0.25, 0.3) is 10.8 Å². The molecule has 0 bridgehead atoms. The average Bonchev–Trinajstić information content (AvgIpc) is 2.44. The Morgan fingerprint density at radius 3 is 2.43 bits per heavy atom. The second-order valence-electron chi connectivity index (χ2n) is 6.18. The molecule has 2 heteroatoms. The van der Waals surface area contributed by atoms with Crippen LogP contribution in [-0.2, 0) is 11.2 Å². The first kappa shape index (κ1) is 15.6. The predicted molar refractivity (Wildman–Crippen MR) is 87.6 cm³/mol. The zero-order chi connectivity index (χ0) is 15.4. The maximum atomic E-state index is 10.8. The standard InChI is InChI=1S/C19H24O2/c1-13(15(3)12-18(20)21)10-11-17-9-5-8-16-7-4-6-14(2)19(16)17/h4-9,13,15H,10-12H2,1-3H3,(H,20,21). The number of hydrogen-bond donors (Lipinski definition) is 1. The molecule has 0 aliphatic heterocycles. The number of carbonyl (C=O) groups is 1. The molecule has 0 radical (unpaired) electrons. The molecule has 0 aliphatic carbocycles. The van der Waals surface area contributed by atoms with Gasteiger partial charge in [-0.3, -0.25) is 4.79 Å². The average molecular weight is 284 g/mol. The van der Waals surface area contributed by atoms with Crippen LogP contribution >= 0.6 is 0 Å². The van der Waals surface area contributed by atoms with Gasteiger partial charge in [-0.1, -0.05) is 50.2 Å². The summed E-state index contributed by atoms with van der Waals surface area (Å²) < 4.78 is 0. The second-order valence-corrected chi connectivity index (χ2v) is 6.18. The van der Waals surface area contributed by atoms with Gasteiger partial charge in [0.1, 0.15) is 0 Å². The number of carboxylic acid groups (broad SMARTS) is 1. The summed E-state index contributed by atoms with van der Waals surface area (Å²) in [6.07, 6.45) is 2.30. The lowest BCUT2D eigenvalue weighted by atomic mass is 9.86. The highest BCUT2D eigenvalue weighted by Gasteiger charge is 2.16. The fourth-order valence-corrected chi connectivity index (χ4v) is 2.97. The lowest BCUT2D eigenvalue weighted by molar-refractivity contribution is -0.138. The number of benzene rings is 2.